The van der Waals surface area contributed by atoms with Crippen LogP contribution in [-0.2, 0) is 11.3 Å². The van der Waals surface area contributed by atoms with Gasteiger partial charge in [-0.25, -0.2) is 9.97 Å². The summed E-state index contributed by atoms with van der Waals surface area (Å²) in [4.78, 5) is 28.5. The Labute approximate surface area is 224 Å². The molecule has 0 atom stereocenters. The Bertz CT molecular complexity index is 1390. The van der Waals surface area contributed by atoms with Gasteiger partial charge in [-0.05, 0) is 60.5 Å². The largest absolute Gasteiger partial charge is 0.379 e. The van der Waals surface area contributed by atoms with Crippen molar-refractivity contribution in [3.8, 4) is 11.3 Å². The zero-order valence-electron chi connectivity index (χ0n) is 20.4. The molecular formula is C28H27BrN6O2. The number of hydrogen-bond acceptors (Lipinski definition) is 7. The lowest BCUT2D eigenvalue weighted by Crippen LogP contribution is -2.35. The molecule has 1 saturated heterocycles. The number of aromatic nitrogens is 3. The zero-order chi connectivity index (χ0) is 25.6. The first-order valence-corrected chi connectivity index (χ1v) is 12.9. The normalized spacial score (nSPS) is 13.8. The van der Waals surface area contributed by atoms with E-state index in [-0.39, 0.29) is 5.91 Å². The summed E-state index contributed by atoms with van der Waals surface area (Å²) in [6, 6.07) is 17.1. The van der Waals surface area contributed by atoms with Crippen LogP contribution in [0.15, 0.2) is 77.7 Å². The maximum Gasteiger partial charge on any atom is 0.255 e. The van der Waals surface area contributed by atoms with E-state index in [1.54, 1.807) is 18.6 Å². The van der Waals surface area contributed by atoms with Crippen molar-refractivity contribution in [2.45, 2.75) is 13.5 Å². The van der Waals surface area contributed by atoms with Gasteiger partial charge < -0.3 is 15.4 Å². The van der Waals surface area contributed by atoms with Crippen molar-refractivity contribution in [3.63, 3.8) is 0 Å². The molecular weight excluding hydrogens is 532 g/mol. The van der Waals surface area contributed by atoms with Gasteiger partial charge in [-0.3, -0.25) is 14.7 Å². The number of rotatable bonds is 7. The lowest BCUT2D eigenvalue weighted by Gasteiger charge is -2.27. The summed E-state index contributed by atoms with van der Waals surface area (Å²) in [5.74, 6) is 0.288. The minimum atomic E-state index is -0.178. The third-order valence-corrected chi connectivity index (χ3v) is 6.91. The van der Waals surface area contributed by atoms with Crippen LogP contribution >= 0.6 is 15.9 Å². The van der Waals surface area contributed by atoms with E-state index in [0.29, 0.717) is 17.2 Å². The molecule has 2 aromatic heterocycles. The van der Waals surface area contributed by atoms with Crippen molar-refractivity contribution < 1.29 is 9.53 Å². The van der Waals surface area contributed by atoms with Crippen molar-refractivity contribution in [2.24, 2.45) is 0 Å². The quantitative estimate of drug-likeness (QED) is 0.312. The number of nitrogens with zero attached hydrogens (tertiary/aromatic N) is 4. The molecule has 0 spiro atoms. The Morgan fingerprint density at radius 1 is 1.08 bits per heavy atom. The van der Waals surface area contributed by atoms with Crippen LogP contribution in [0.25, 0.3) is 11.3 Å². The van der Waals surface area contributed by atoms with Crippen LogP contribution in [-0.4, -0.2) is 52.1 Å². The molecule has 37 heavy (non-hydrogen) atoms. The smallest absolute Gasteiger partial charge is 0.255 e. The number of nitrogens with one attached hydrogen (secondary N) is 2. The molecule has 9 heteroatoms. The number of amides is 1. The minimum absolute atomic E-state index is 0.178. The van der Waals surface area contributed by atoms with E-state index in [4.69, 9.17) is 4.74 Å². The van der Waals surface area contributed by atoms with Crippen LogP contribution in [0.4, 0.5) is 17.3 Å². The predicted molar refractivity (Wildman–Crippen MR) is 148 cm³/mol. The maximum absolute atomic E-state index is 13.0. The molecule has 0 unspecified atom stereocenters. The summed E-state index contributed by atoms with van der Waals surface area (Å²) in [6.45, 7) is 6.15. The number of carbonyl (C=O) groups excluding carboxylic acids is 1. The molecule has 2 N–H and O–H groups in total. The van der Waals surface area contributed by atoms with Crippen molar-refractivity contribution in [3.05, 3.63) is 94.4 Å². The van der Waals surface area contributed by atoms with E-state index < -0.39 is 0 Å². The third-order valence-electron chi connectivity index (χ3n) is 6.17. The number of pyridine rings is 1. The van der Waals surface area contributed by atoms with Crippen molar-refractivity contribution >= 4 is 39.2 Å². The highest BCUT2D eigenvalue weighted by molar-refractivity contribution is 9.10. The van der Waals surface area contributed by atoms with Gasteiger partial charge in [-0.15, -0.1) is 0 Å². The van der Waals surface area contributed by atoms with E-state index in [0.717, 1.165) is 65.4 Å². The van der Waals surface area contributed by atoms with Crippen LogP contribution in [0.2, 0.25) is 0 Å². The summed E-state index contributed by atoms with van der Waals surface area (Å²) in [7, 11) is 0. The highest BCUT2D eigenvalue weighted by Crippen LogP contribution is 2.26. The summed E-state index contributed by atoms with van der Waals surface area (Å²) in [5, 5.41) is 6.28. The van der Waals surface area contributed by atoms with Gasteiger partial charge in [0.15, 0.2) is 0 Å². The van der Waals surface area contributed by atoms with Gasteiger partial charge in [0.25, 0.3) is 5.91 Å². The second kappa shape index (κ2) is 11.6. The number of morpholine rings is 1. The fraction of sp³-hybridized carbons (Fsp3) is 0.214. The number of halogens is 1. The molecule has 2 aromatic carbocycles. The first kappa shape index (κ1) is 25.0. The number of anilines is 3. The minimum Gasteiger partial charge on any atom is -0.379 e. The SMILES string of the molecule is Cc1ccc(NC(=O)c2ccc(CN3CCOCC3)c(Br)c2)cc1Nc1nccc(-c2cccnc2)n1. The highest BCUT2D eigenvalue weighted by Gasteiger charge is 2.15. The second-order valence-electron chi connectivity index (χ2n) is 8.81. The Kier molecular flexibility index (Phi) is 7.84. The molecule has 4 aromatic rings. The molecule has 1 aliphatic rings. The van der Waals surface area contributed by atoms with Gasteiger partial charge in [0, 0.05) is 65.2 Å². The molecule has 5 rings (SSSR count). The molecule has 0 aliphatic carbocycles. The zero-order valence-corrected chi connectivity index (χ0v) is 22.0. The average Bonchev–Trinajstić information content (AvgIpc) is 2.93. The lowest BCUT2D eigenvalue weighted by atomic mass is 10.1. The standard InChI is InChI=1S/C28H27BrN6O2/c1-19-4-7-23(16-26(19)34-28-31-10-8-25(33-28)21-3-2-9-30-17-21)32-27(36)20-5-6-22(24(29)15-20)18-35-11-13-37-14-12-35/h2-10,15-17H,11-14,18H2,1H3,(H,32,36)(H,31,33,34). The van der Waals surface area contributed by atoms with E-state index in [2.05, 4.69) is 46.4 Å². The molecule has 8 nitrogen and oxygen atoms in total. The average molecular weight is 559 g/mol. The summed E-state index contributed by atoms with van der Waals surface area (Å²) >= 11 is 3.64. The fourth-order valence-corrected chi connectivity index (χ4v) is 4.57. The molecule has 3 heterocycles. The Morgan fingerprint density at radius 3 is 2.73 bits per heavy atom. The molecule has 1 fully saturated rings. The van der Waals surface area contributed by atoms with E-state index in [1.165, 1.54) is 0 Å². The predicted octanol–water partition coefficient (Wildman–Crippen LogP) is 5.44. The van der Waals surface area contributed by atoms with E-state index in [1.807, 2.05) is 61.5 Å². The summed E-state index contributed by atoms with van der Waals surface area (Å²) < 4.78 is 6.35. The topological polar surface area (TPSA) is 92.3 Å². The fourth-order valence-electron chi connectivity index (χ4n) is 4.07. The number of benzene rings is 2. The van der Waals surface area contributed by atoms with E-state index in [9.17, 15) is 4.79 Å². The van der Waals surface area contributed by atoms with Gasteiger partial charge in [-0.2, -0.15) is 0 Å². The van der Waals surface area contributed by atoms with Crippen LogP contribution in [0.5, 0.6) is 0 Å². The lowest BCUT2D eigenvalue weighted by molar-refractivity contribution is 0.0341. The molecule has 0 saturated carbocycles. The molecule has 1 amide bonds. The van der Waals surface area contributed by atoms with Crippen LogP contribution in [0.1, 0.15) is 21.5 Å². The number of carbonyl (C=O) groups is 1. The highest BCUT2D eigenvalue weighted by atomic mass is 79.9. The first-order valence-electron chi connectivity index (χ1n) is 12.1. The second-order valence-corrected chi connectivity index (χ2v) is 9.67. The molecule has 0 radical (unpaired) electrons. The van der Waals surface area contributed by atoms with Crippen molar-refractivity contribution in [1.29, 1.82) is 0 Å². The monoisotopic (exact) mass is 558 g/mol. The van der Waals surface area contributed by atoms with E-state index >= 15 is 0 Å². The van der Waals surface area contributed by atoms with Gasteiger partial charge in [0.05, 0.1) is 18.9 Å². The van der Waals surface area contributed by atoms with Crippen LogP contribution in [0, 0.1) is 6.92 Å². The van der Waals surface area contributed by atoms with Gasteiger partial charge in [-0.1, -0.05) is 28.1 Å². The van der Waals surface area contributed by atoms with Gasteiger partial charge >= 0.3 is 0 Å². The van der Waals surface area contributed by atoms with Crippen LogP contribution < -0.4 is 10.6 Å². The first-order chi connectivity index (χ1) is 18.0. The molecule has 0 bridgehead atoms. The number of aryl methyl sites for hydroxylation is 1. The Morgan fingerprint density at radius 2 is 1.95 bits per heavy atom. The molecule has 1 aliphatic heterocycles. The summed E-state index contributed by atoms with van der Waals surface area (Å²) in [6.07, 6.45) is 5.20. The summed E-state index contributed by atoms with van der Waals surface area (Å²) in [5.41, 5.74) is 5.90. The number of ether oxygens (including phenoxy) is 1. The Balaban J connectivity index is 1.28. The maximum atomic E-state index is 13.0. The van der Waals surface area contributed by atoms with Crippen molar-refractivity contribution in [1.82, 2.24) is 19.9 Å². The van der Waals surface area contributed by atoms with Gasteiger partial charge in [0.1, 0.15) is 0 Å². The third kappa shape index (κ3) is 6.37. The molecule has 188 valence electrons. The van der Waals surface area contributed by atoms with Gasteiger partial charge in [0.2, 0.25) is 5.95 Å². The van der Waals surface area contributed by atoms with Crippen LogP contribution in [0.3, 0.4) is 0 Å². The Hall–Kier alpha value is -3.66. The number of hydrogen-bond donors (Lipinski definition) is 2. The van der Waals surface area contributed by atoms with Crippen molar-refractivity contribution in [2.75, 3.05) is 36.9 Å².